The van der Waals surface area contributed by atoms with Crippen molar-refractivity contribution in [2.75, 3.05) is 7.11 Å². The summed E-state index contributed by atoms with van der Waals surface area (Å²) < 4.78 is 4.39. The second-order valence-electron chi connectivity index (χ2n) is 2.90. The van der Waals surface area contributed by atoms with Gasteiger partial charge in [-0.2, -0.15) is 0 Å². The summed E-state index contributed by atoms with van der Waals surface area (Å²) in [5.74, 6) is -0.721. The third-order valence-electron chi connectivity index (χ3n) is 1.97. The Balaban J connectivity index is 0.00000196. The van der Waals surface area contributed by atoms with Gasteiger partial charge in [0.05, 0.1) is 13.2 Å². The number of benzene rings is 1. The van der Waals surface area contributed by atoms with Crippen LogP contribution in [0, 0.1) is 0 Å². The summed E-state index contributed by atoms with van der Waals surface area (Å²) in [6.07, 6.45) is -1.32. The van der Waals surface area contributed by atoms with Crippen molar-refractivity contribution in [1.82, 2.24) is 6.15 Å². The number of rotatable bonds is 3. The molecule has 1 aromatic carbocycles. The normalized spacial score (nSPS) is 13.5. The van der Waals surface area contributed by atoms with E-state index in [2.05, 4.69) is 4.74 Å². The third-order valence-corrected chi connectivity index (χ3v) is 1.97. The number of aliphatic hydroxyl groups is 1. The minimum Gasteiger partial charge on any atom is -0.467 e. The molecule has 0 fully saturated rings. The molecule has 0 aromatic heterocycles. The van der Waals surface area contributed by atoms with Gasteiger partial charge in [-0.1, -0.05) is 30.3 Å². The quantitative estimate of drug-likeness (QED) is 0.628. The van der Waals surface area contributed by atoms with E-state index in [1.807, 2.05) is 6.07 Å². The monoisotopic (exact) mass is 212 g/mol. The highest BCUT2D eigenvalue weighted by Crippen LogP contribution is 2.14. The van der Waals surface area contributed by atoms with Crippen LogP contribution in [0.1, 0.15) is 11.6 Å². The van der Waals surface area contributed by atoms with Gasteiger partial charge in [0, 0.05) is 0 Å². The van der Waals surface area contributed by atoms with E-state index in [0.29, 0.717) is 5.56 Å². The molecule has 6 N–H and O–H groups in total. The second-order valence-corrected chi connectivity index (χ2v) is 2.90. The van der Waals surface area contributed by atoms with Crippen LogP contribution in [0.5, 0.6) is 0 Å². The Hall–Kier alpha value is -1.43. The predicted octanol–water partition coefficient (Wildman–Crippen LogP) is 0.382. The number of carbonyl (C=O) groups excluding carboxylic acids is 1. The van der Waals surface area contributed by atoms with Gasteiger partial charge in [-0.05, 0) is 5.56 Å². The zero-order valence-electron chi connectivity index (χ0n) is 8.59. The highest BCUT2D eigenvalue weighted by Gasteiger charge is 2.24. The maximum Gasteiger partial charge on any atom is 0.336 e. The zero-order chi connectivity index (χ0) is 10.6. The van der Waals surface area contributed by atoms with Crippen LogP contribution in [0.3, 0.4) is 0 Å². The van der Waals surface area contributed by atoms with E-state index in [0.717, 1.165) is 0 Å². The third kappa shape index (κ3) is 3.32. The second kappa shape index (κ2) is 6.13. The van der Waals surface area contributed by atoms with Crippen molar-refractivity contribution in [3.63, 3.8) is 0 Å². The number of esters is 1. The summed E-state index contributed by atoms with van der Waals surface area (Å²) in [6, 6.07) is 8.16. The SMILES string of the molecule is COC(=O)C(O)[C@H](N)c1ccccc1.N. The molecule has 0 aliphatic carbocycles. The van der Waals surface area contributed by atoms with E-state index < -0.39 is 18.1 Å². The lowest BCUT2D eigenvalue weighted by Gasteiger charge is -2.16. The lowest BCUT2D eigenvalue weighted by molar-refractivity contribution is -0.151. The molecule has 2 atom stereocenters. The van der Waals surface area contributed by atoms with Crippen LogP contribution in [0.25, 0.3) is 0 Å². The van der Waals surface area contributed by atoms with E-state index in [-0.39, 0.29) is 6.15 Å². The number of carbonyl (C=O) groups is 1. The van der Waals surface area contributed by atoms with Crippen LogP contribution in [0.4, 0.5) is 0 Å². The van der Waals surface area contributed by atoms with Gasteiger partial charge < -0.3 is 21.7 Å². The molecule has 1 aromatic rings. The molecule has 0 saturated carbocycles. The van der Waals surface area contributed by atoms with Gasteiger partial charge in [-0.15, -0.1) is 0 Å². The van der Waals surface area contributed by atoms with Crippen molar-refractivity contribution in [1.29, 1.82) is 0 Å². The lowest BCUT2D eigenvalue weighted by Crippen LogP contribution is -2.34. The smallest absolute Gasteiger partial charge is 0.336 e. The van der Waals surface area contributed by atoms with Crippen LogP contribution in [0.2, 0.25) is 0 Å². The van der Waals surface area contributed by atoms with Gasteiger partial charge in [-0.3, -0.25) is 0 Å². The number of hydrogen-bond donors (Lipinski definition) is 3. The minimum absolute atomic E-state index is 0. The minimum atomic E-state index is -1.32. The molecular formula is C10H16N2O3. The van der Waals surface area contributed by atoms with Crippen LogP contribution < -0.4 is 11.9 Å². The van der Waals surface area contributed by atoms with E-state index in [1.54, 1.807) is 24.3 Å². The fourth-order valence-corrected chi connectivity index (χ4v) is 1.12. The first-order valence-corrected chi connectivity index (χ1v) is 4.23. The Morgan fingerprint density at radius 1 is 1.40 bits per heavy atom. The molecule has 15 heavy (non-hydrogen) atoms. The predicted molar refractivity (Wildman–Crippen MR) is 56.4 cm³/mol. The molecule has 5 heteroatoms. The standard InChI is InChI=1S/C10H13NO3.H3N/c1-14-10(13)9(12)8(11)7-5-3-2-4-6-7;/h2-6,8-9,12H,11H2,1H3;1H3/t8-,9?;/m1./s1. The first-order valence-electron chi connectivity index (χ1n) is 4.23. The average molecular weight is 212 g/mol. The summed E-state index contributed by atoms with van der Waals surface area (Å²) >= 11 is 0. The van der Waals surface area contributed by atoms with Crippen molar-refractivity contribution in [3.8, 4) is 0 Å². The Bertz CT molecular complexity index is 303. The maximum absolute atomic E-state index is 11.0. The van der Waals surface area contributed by atoms with Gasteiger partial charge in [0.1, 0.15) is 0 Å². The van der Waals surface area contributed by atoms with Crippen LogP contribution >= 0.6 is 0 Å². The number of nitrogens with two attached hydrogens (primary N) is 1. The Morgan fingerprint density at radius 3 is 2.40 bits per heavy atom. The van der Waals surface area contributed by atoms with Crippen LogP contribution in [0.15, 0.2) is 30.3 Å². The van der Waals surface area contributed by atoms with Crippen molar-refractivity contribution in [2.45, 2.75) is 12.1 Å². The molecule has 0 heterocycles. The molecule has 0 bridgehead atoms. The first-order chi connectivity index (χ1) is 6.66. The van der Waals surface area contributed by atoms with Crippen LogP contribution in [-0.2, 0) is 9.53 Å². The molecule has 0 amide bonds. The summed E-state index contributed by atoms with van der Waals surface area (Å²) in [5.41, 5.74) is 6.36. The molecule has 1 unspecified atom stereocenters. The Kier molecular flexibility index (Phi) is 5.54. The number of aliphatic hydroxyl groups excluding tert-OH is 1. The van der Waals surface area contributed by atoms with Crippen LogP contribution in [-0.4, -0.2) is 24.3 Å². The Morgan fingerprint density at radius 2 is 1.93 bits per heavy atom. The van der Waals surface area contributed by atoms with Gasteiger partial charge in [0.15, 0.2) is 6.10 Å². The largest absolute Gasteiger partial charge is 0.467 e. The van der Waals surface area contributed by atoms with Gasteiger partial charge in [0.25, 0.3) is 0 Å². The van der Waals surface area contributed by atoms with Crippen molar-refractivity contribution < 1.29 is 14.6 Å². The van der Waals surface area contributed by atoms with Gasteiger partial charge in [0.2, 0.25) is 0 Å². The highest BCUT2D eigenvalue weighted by atomic mass is 16.5. The van der Waals surface area contributed by atoms with E-state index in [9.17, 15) is 9.90 Å². The number of hydrogen-bond acceptors (Lipinski definition) is 5. The Labute approximate surface area is 88.4 Å². The fourth-order valence-electron chi connectivity index (χ4n) is 1.12. The van der Waals surface area contributed by atoms with Crippen molar-refractivity contribution in [2.24, 2.45) is 5.73 Å². The van der Waals surface area contributed by atoms with E-state index >= 15 is 0 Å². The molecule has 0 saturated heterocycles. The number of methoxy groups -OCH3 is 1. The van der Waals surface area contributed by atoms with Crippen molar-refractivity contribution in [3.05, 3.63) is 35.9 Å². The lowest BCUT2D eigenvalue weighted by atomic mass is 10.0. The maximum atomic E-state index is 11.0. The fraction of sp³-hybridized carbons (Fsp3) is 0.300. The average Bonchev–Trinajstić information content (AvgIpc) is 2.27. The molecule has 5 nitrogen and oxygen atoms in total. The molecular weight excluding hydrogens is 196 g/mol. The summed E-state index contributed by atoms with van der Waals surface area (Å²) in [5, 5.41) is 9.44. The van der Waals surface area contributed by atoms with E-state index in [4.69, 9.17) is 5.73 Å². The number of ether oxygens (including phenoxy) is 1. The van der Waals surface area contributed by atoms with E-state index in [1.165, 1.54) is 7.11 Å². The summed E-state index contributed by atoms with van der Waals surface area (Å²) in [7, 11) is 1.21. The highest BCUT2D eigenvalue weighted by molar-refractivity contribution is 5.75. The topological polar surface area (TPSA) is 108 Å². The zero-order valence-corrected chi connectivity index (χ0v) is 8.59. The van der Waals surface area contributed by atoms with Gasteiger partial charge in [-0.25, -0.2) is 4.79 Å². The molecule has 84 valence electrons. The first kappa shape index (κ1) is 13.6. The summed E-state index contributed by atoms with van der Waals surface area (Å²) in [6.45, 7) is 0. The molecule has 1 rings (SSSR count). The molecule has 0 aliphatic heterocycles. The molecule has 0 aliphatic rings. The summed E-state index contributed by atoms with van der Waals surface area (Å²) in [4.78, 5) is 11.0. The molecule has 0 radical (unpaired) electrons. The van der Waals surface area contributed by atoms with Crippen molar-refractivity contribution >= 4 is 5.97 Å². The van der Waals surface area contributed by atoms with Gasteiger partial charge >= 0.3 is 5.97 Å². The molecule has 0 spiro atoms.